The van der Waals surface area contributed by atoms with Crippen LogP contribution in [0.3, 0.4) is 0 Å². The third-order valence-electron chi connectivity index (χ3n) is 4.04. The van der Waals surface area contributed by atoms with Gasteiger partial charge in [0.15, 0.2) is 0 Å². The highest BCUT2D eigenvalue weighted by atomic mass is 16.5. The molecule has 22 heavy (non-hydrogen) atoms. The van der Waals surface area contributed by atoms with E-state index in [0.29, 0.717) is 12.5 Å². The molecular formula is C18H30N2O2. The Morgan fingerprint density at radius 3 is 2.73 bits per heavy atom. The van der Waals surface area contributed by atoms with Gasteiger partial charge in [-0.25, -0.2) is 0 Å². The molecular weight excluding hydrogens is 276 g/mol. The Morgan fingerprint density at radius 1 is 1.23 bits per heavy atom. The van der Waals surface area contributed by atoms with Gasteiger partial charge in [0.05, 0.1) is 13.2 Å². The SMILES string of the molecule is Cc1ccc(C(C)C)c(OCCNCCN2CCOCC2)c1. The van der Waals surface area contributed by atoms with Gasteiger partial charge >= 0.3 is 0 Å². The fourth-order valence-electron chi connectivity index (χ4n) is 2.66. The van der Waals surface area contributed by atoms with Crippen molar-refractivity contribution < 1.29 is 9.47 Å². The quantitative estimate of drug-likeness (QED) is 0.748. The Hall–Kier alpha value is -1.10. The first-order valence-corrected chi connectivity index (χ1v) is 8.41. The molecule has 0 radical (unpaired) electrons. The van der Waals surface area contributed by atoms with E-state index in [2.05, 4.69) is 49.2 Å². The largest absolute Gasteiger partial charge is 0.492 e. The third-order valence-corrected chi connectivity index (χ3v) is 4.04. The van der Waals surface area contributed by atoms with E-state index in [0.717, 1.165) is 51.7 Å². The molecule has 0 amide bonds. The van der Waals surface area contributed by atoms with Gasteiger partial charge in [-0.2, -0.15) is 0 Å². The van der Waals surface area contributed by atoms with Gasteiger partial charge in [-0.1, -0.05) is 26.0 Å². The van der Waals surface area contributed by atoms with Gasteiger partial charge in [0, 0.05) is 32.7 Å². The Kier molecular flexibility index (Phi) is 7.16. The lowest BCUT2D eigenvalue weighted by atomic mass is 10.0. The van der Waals surface area contributed by atoms with Crippen molar-refractivity contribution in [3.05, 3.63) is 29.3 Å². The summed E-state index contributed by atoms with van der Waals surface area (Å²) in [5, 5.41) is 3.46. The van der Waals surface area contributed by atoms with Crippen LogP contribution >= 0.6 is 0 Å². The summed E-state index contributed by atoms with van der Waals surface area (Å²) in [7, 11) is 0. The maximum absolute atomic E-state index is 5.98. The smallest absolute Gasteiger partial charge is 0.123 e. The van der Waals surface area contributed by atoms with Crippen LogP contribution in [0.25, 0.3) is 0 Å². The number of nitrogens with zero attached hydrogens (tertiary/aromatic N) is 1. The zero-order valence-corrected chi connectivity index (χ0v) is 14.2. The number of benzene rings is 1. The lowest BCUT2D eigenvalue weighted by molar-refractivity contribution is 0.0383. The maximum atomic E-state index is 5.98. The summed E-state index contributed by atoms with van der Waals surface area (Å²) in [6, 6.07) is 6.48. The zero-order chi connectivity index (χ0) is 15.8. The number of hydrogen-bond donors (Lipinski definition) is 1. The highest BCUT2D eigenvalue weighted by Gasteiger charge is 2.09. The Labute approximate surface area is 134 Å². The molecule has 0 spiro atoms. The molecule has 1 aromatic carbocycles. The minimum atomic E-state index is 0.491. The molecule has 1 N–H and O–H groups in total. The van der Waals surface area contributed by atoms with Crippen molar-refractivity contribution in [2.75, 3.05) is 52.5 Å². The second-order valence-electron chi connectivity index (χ2n) is 6.25. The van der Waals surface area contributed by atoms with Crippen molar-refractivity contribution in [2.24, 2.45) is 0 Å². The van der Waals surface area contributed by atoms with Crippen LogP contribution in [0.4, 0.5) is 0 Å². The molecule has 0 atom stereocenters. The standard InChI is InChI=1S/C18H30N2O2/c1-15(2)17-5-4-16(3)14-18(17)22-11-7-19-6-8-20-9-12-21-13-10-20/h4-5,14-15,19H,6-13H2,1-3H3. The minimum absolute atomic E-state index is 0.491. The van der Waals surface area contributed by atoms with Crippen LogP contribution in [-0.2, 0) is 4.74 Å². The molecule has 0 bridgehead atoms. The lowest BCUT2D eigenvalue weighted by Crippen LogP contribution is -2.40. The molecule has 0 aliphatic carbocycles. The van der Waals surface area contributed by atoms with Crippen molar-refractivity contribution in [3.8, 4) is 5.75 Å². The van der Waals surface area contributed by atoms with Crippen molar-refractivity contribution in [2.45, 2.75) is 26.7 Å². The van der Waals surface area contributed by atoms with E-state index in [1.54, 1.807) is 0 Å². The van der Waals surface area contributed by atoms with E-state index >= 15 is 0 Å². The van der Waals surface area contributed by atoms with Crippen LogP contribution < -0.4 is 10.1 Å². The summed E-state index contributed by atoms with van der Waals surface area (Å²) < 4.78 is 11.3. The minimum Gasteiger partial charge on any atom is -0.492 e. The van der Waals surface area contributed by atoms with E-state index in [1.807, 2.05) is 0 Å². The summed E-state index contributed by atoms with van der Waals surface area (Å²) >= 11 is 0. The van der Waals surface area contributed by atoms with E-state index in [-0.39, 0.29) is 0 Å². The molecule has 0 unspecified atom stereocenters. The first-order chi connectivity index (χ1) is 10.7. The molecule has 1 fully saturated rings. The first kappa shape index (κ1) is 17.3. The van der Waals surface area contributed by atoms with Gasteiger partial charge in [0.1, 0.15) is 12.4 Å². The average Bonchev–Trinajstić information content (AvgIpc) is 2.51. The van der Waals surface area contributed by atoms with Crippen LogP contribution in [-0.4, -0.2) is 57.4 Å². The summed E-state index contributed by atoms with van der Waals surface area (Å²) in [4.78, 5) is 2.44. The summed E-state index contributed by atoms with van der Waals surface area (Å²) in [6.45, 7) is 14.1. The van der Waals surface area contributed by atoms with E-state index in [9.17, 15) is 0 Å². The van der Waals surface area contributed by atoms with Gasteiger partial charge < -0.3 is 14.8 Å². The number of aryl methyl sites for hydroxylation is 1. The van der Waals surface area contributed by atoms with Crippen LogP contribution in [0.1, 0.15) is 30.9 Å². The molecule has 4 nitrogen and oxygen atoms in total. The fourth-order valence-corrected chi connectivity index (χ4v) is 2.66. The van der Waals surface area contributed by atoms with Gasteiger partial charge in [-0.15, -0.1) is 0 Å². The molecule has 124 valence electrons. The second kappa shape index (κ2) is 9.13. The van der Waals surface area contributed by atoms with E-state index < -0.39 is 0 Å². The predicted octanol–water partition coefficient (Wildman–Crippen LogP) is 2.42. The molecule has 4 heteroatoms. The third kappa shape index (κ3) is 5.59. The van der Waals surface area contributed by atoms with Crippen LogP contribution in [0.2, 0.25) is 0 Å². The maximum Gasteiger partial charge on any atom is 0.123 e. The highest BCUT2D eigenvalue weighted by Crippen LogP contribution is 2.27. The topological polar surface area (TPSA) is 33.7 Å². The average molecular weight is 306 g/mol. The number of ether oxygens (including phenoxy) is 2. The molecule has 1 aliphatic heterocycles. The van der Waals surface area contributed by atoms with Gasteiger partial charge in [-0.3, -0.25) is 4.90 Å². The van der Waals surface area contributed by atoms with Crippen LogP contribution in [0.15, 0.2) is 18.2 Å². The van der Waals surface area contributed by atoms with Crippen molar-refractivity contribution in [1.82, 2.24) is 10.2 Å². The van der Waals surface area contributed by atoms with Gasteiger partial charge in [0.2, 0.25) is 0 Å². The molecule has 1 aromatic rings. The Balaban J connectivity index is 1.65. The lowest BCUT2D eigenvalue weighted by Gasteiger charge is -2.26. The van der Waals surface area contributed by atoms with Crippen molar-refractivity contribution in [3.63, 3.8) is 0 Å². The first-order valence-electron chi connectivity index (χ1n) is 8.41. The van der Waals surface area contributed by atoms with Gasteiger partial charge in [0.25, 0.3) is 0 Å². The molecule has 1 heterocycles. The number of hydrogen-bond acceptors (Lipinski definition) is 4. The van der Waals surface area contributed by atoms with Crippen LogP contribution in [0, 0.1) is 6.92 Å². The number of nitrogens with one attached hydrogen (secondary N) is 1. The van der Waals surface area contributed by atoms with Crippen molar-refractivity contribution in [1.29, 1.82) is 0 Å². The number of rotatable bonds is 8. The monoisotopic (exact) mass is 306 g/mol. The molecule has 0 saturated carbocycles. The fraction of sp³-hybridized carbons (Fsp3) is 0.667. The highest BCUT2D eigenvalue weighted by molar-refractivity contribution is 5.39. The van der Waals surface area contributed by atoms with Crippen LogP contribution in [0.5, 0.6) is 5.75 Å². The summed E-state index contributed by atoms with van der Waals surface area (Å²) in [5.41, 5.74) is 2.54. The van der Waals surface area contributed by atoms with Crippen molar-refractivity contribution >= 4 is 0 Å². The Bertz CT molecular complexity index is 443. The molecule has 0 aromatic heterocycles. The normalized spacial score (nSPS) is 16.2. The second-order valence-corrected chi connectivity index (χ2v) is 6.25. The van der Waals surface area contributed by atoms with Gasteiger partial charge in [-0.05, 0) is 30.0 Å². The van der Waals surface area contributed by atoms with E-state index in [4.69, 9.17) is 9.47 Å². The summed E-state index contributed by atoms with van der Waals surface area (Å²) in [5.74, 6) is 1.52. The number of morpholine rings is 1. The predicted molar refractivity (Wildman–Crippen MR) is 90.9 cm³/mol. The summed E-state index contributed by atoms with van der Waals surface area (Å²) in [6.07, 6.45) is 0. The zero-order valence-electron chi connectivity index (χ0n) is 14.2. The molecule has 1 aliphatic rings. The molecule has 2 rings (SSSR count). The van der Waals surface area contributed by atoms with E-state index in [1.165, 1.54) is 11.1 Å². The molecule has 1 saturated heterocycles. The Morgan fingerprint density at radius 2 is 2.00 bits per heavy atom.